The van der Waals surface area contributed by atoms with Gasteiger partial charge in [0.25, 0.3) is 0 Å². The predicted octanol–water partition coefficient (Wildman–Crippen LogP) is 3.17. The van der Waals surface area contributed by atoms with Gasteiger partial charge in [0.1, 0.15) is 5.75 Å². The van der Waals surface area contributed by atoms with Crippen LogP contribution in [0.4, 0.5) is 0 Å². The lowest BCUT2D eigenvalue weighted by Crippen LogP contribution is -2.38. The lowest BCUT2D eigenvalue weighted by atomic mass is 10.2. The van der Waals surface area contributed by atoms with Gasteiger partial charge in [-0.1, -0.05) is 25.4 Å². The molecule has 0 aliphatic carbocycles. The highest BCUT2D eigenvalue weighted by molar-refractivity contribution is 6.30. The molecular formula is C15H25ClN2O. The van der Waals surface area contributed by atoms with Crippen molar-refractivity contribution in [1.29, 1.82) is 0 Å². The molecule has 0 saturated heterocycles. The van der Waals surface area contributed by atoms with Gasteiger partial charge < -0.3 is 15.0 Å². The summed E-state index contributed by atoms with van der Waals surface area (Å²) in [6.45, 7) is 10.6. The van der Waals surface area contributed by atoms with Crippen LogP contribution in [0.2, 0.25) is 5.02 Å². The van der Waals surface area contributed by atoms with E-state index in [-0.39, 0.29) is 0 Å². The molecule has 0 amide bonds. The van der Waals surface area contributed by atoms with Gasteiger partial charge in [-0.15, -0.1) is 0 Å². The van der Waals surface area contributed by atoms with Gasteiger partial charge in [-0.2, -0.15) is 0 Å². The van der Waals surface area contributed by atoms with E-state index in [2.05, 4.69) is 31.0 Å². The maximum atomic E-state index is 6.03. The molecule has 1 rings (SSSR count). The first-order valence-electron chi connectivity index (χ1n) is 6.88. The fraction of sp³-hybridized carbons (Fsp3) is 0.600. The average molecular weight is 285 g/mol. The summed E-state index contributed by atoms with van der Waals surface area (Å²) >= 11 is 6.03. The van der Waals surface area contributed by atoms with E-state index in [4.69, 9.17) is 16.3 Å². The molecule has 1 N–H and O–H groups in total. The van der Waals surface area contributed by atoms with Crippen molar-refractivity contribution in [2.24, 2.45) is 0 Å². The second kappa shape index (κ2) is 8.41. The third-order valence-electron chi connectivity index (χ3n) is 3.31. The van der Waals surface area contributed by atoms with E-state index in [1.54, 1.807) is 7.11 Å². The van der Waals surface area contributed by atoms with E-state index in [0.29, 0.717) is 6.04 Å². The molecular weight excluding hydrogens is 260 g/mol. The quantitative estimate of drug-likeness (QED) is 0.794. The minimum atomic E-state index is 0.434. The predicted molar refractivity (Wildman–Crippen MR) is 82.1 cm³/mol. The maximum Gasteiger partial charge on any atom is 0.123 e. The Morgan fingerprint density at radius 3 is 2.58 bits per heavy atom. The number of likely N-dealkylation sites (N-methyl/N-ethyl adjacent to an activating group) is 1. The molecule has 0 spiro atoms. The molecule has 0 radical (unpaired) electrons. The van der Waals surface area contributed by atoms with Crippen LogP contribution in [-0.2, 0) is 6.54 Å². The molecule has 0 heterocycles. The van der Waals surface area contributed by atoms with Crippen LogP contribution in [0.1, 0.15) is 26.3 Å². The van der Waals surface area contributed by atoms with Gasteiger partial charge in [-0.25, -0.2) is 0 Å². The minimum Gasteiger partial charge on any atom is -0.496 e. The topological polar surface area (TPSA) is 24.5 Å². The third-order valence-corrected chi connectivity index (χ3v) is 3.55. The zero-order valence-corrected chi connectivity index (χ0v) is 13.1. The molecule has 0 aromatic heterocycles. The summed E-state index contributed by atoms with van der Waals surface area (Å²) in [4.78, 5) is 2.41. The molecule has 1 aromatic rings. The molecule has 0 bridgehead atoms. The SMILES string of the molecule is CCN(CC)CC(C)NCc1cc(Cl)ccc1OC. The van der Waals surface area contributed by atoms with Gasteiger partial charge in [-0.05, 0) is 38.2 Å². The third kappa shape index (κ3) is 5.39. The summed E-state index contributed by atoms with van der Waals surface area (Å²) in [6.07, 6.45) is 0. The Hall–Kier alpha value is -0.770. The summed E-state index contributed by atoms with van der Waals surface area (Å²) in [6, 6.07) is 6.15. The van der Waals surface area contributed by atoms with Gasteiger partial charge in [0.2, 0.25) is 0 Å². The zero-order valence-electron chi connectivity index (χ0n) is 12.4. The summed E-state index contributed by atoms with van der Waals surface area (Å²) < 4.78 is 5.35. The van der Waals surface area contributed by atoms with E-state index in [9.17, 15) is 0 Å². The van der Waals surface area contributed by atoms with Crippen LogP contribution >= 0.6 is 11.6 Å². The van der Waals surface area contributed by atoms with Gasteiger partial charge in [0.05, 0.1) is 7.11 Å². The second-order valence-corrected chi connectivity index (χ2v) is 5.16. The summed E-state index contributed by atoms with van der Waals surface area (Å²) in [5, 5.41) is 4.26. The average Bonchev–Trinajstić information content (AvgIpc) is 2.42. The smallest absolute Gasteiger partial charge is 0.123 e. The van der Waals surface area contributed by atoms with Gasteiger partial charge in [0, 0.05) is 29.7 Å². The fourth-order valence-corrected chi connectivity index (χ4v) is 2.30. The summed E-state index contributed by atoms with van der Waals surface area (Å²) in [5.41, 5.74) is 1.10. The molecule has 1 atom stereocenters. The first kappa shape index (κ1) is 16.3. The number of rotatable bonds is 8. The number of halogens is 1. The van der Waals surface area contributed by atoms with Crippen LogP contribution in [0.15, 0.2) is 18.2 Å². The van der Waals surface area contributed by atoms with Crippen molar-refractivity contribution >= 4 is 11.6 Å². The largest absolute Gasteiger partial charge is 0.496 e. The van der Waals surface area contributed by atoms with Crippen molar-refractivity contribution in [2.45, 2.75) is 33.4 Å². The van der Waals surface area contributed by atoms with Crippen molar-refractivity contribution in [3.63, 3.8) is 0 Å². The first-order valence-corrected chi connectivity index (χ1v) is 7.26. The van der Waals surface area contributed by atoms with Crippen molar-refractivity contribution in [1.82, 2.24) is 10.2 Å². The number of nitrogens with zero attached hydrogens (tertiary/aromatic N) is 1. The van der Waals surface area contributed by atoms with Crippen LogP contribution in [-0.4, -0.2) is 37.7 Å². The zero-order chi connectivity index (χ0) is 14.3. The fourth-order valence-electron chi connectivity index (χ4n) is 2.10. The van der Waals surface area contributed by atoms with Gasteiger partial charge >= 0.3 is 0 Å². The highest BCUT2D eigenvalue weighted by atomic mass is 35.5. The Kier molecular flexibility index (Phi) is 7.21. The standard InChI is InChI=1S/C15H25ClN2O/c1-5-18(6-2)11-12(3)17-10-13-9-14(16)7-8-15(13)19-4/h7-9,12,17H,5-6,10-11H2,1-4H3. The van der Waals surface area contributed by atoms with Crippen LogP contribution in [0.5, 0.6) is 5.75 Å². The number of hydrogen-bond donors (Lipinski definition) is 1. The van der Waals surface area contributed by atoms with E-state index in [1.807, 2.05) is 18.2 Å². The molecule has 3 nitrogen and oxygen atoms in total. The molecule has 0 fully saturated rings. The van der Waals surface area contributed by atoms with Crippen LogP contribution < -0.4 is 10.1 Å². The molecule has 4 heteroatoms. The Labute approximate surface area is 121 Å². The Bertz CT molecular complexity index is 380. The minimum absolute atomic E-state index is 0.434. The van der Waals surface area contributed by atoms with Crippen molar-refractivity contribution in [3.8, 4) is 5.75 Å². The number of methoxy groups -OCH3 is 1. The van der Waals surface area contributed by atoms with Crippen molar-refractivity contribution in [2.75, 3.05) is 26.7 Å². The first-order chi connectivity index (χ1) is 9.10. The highest BCUT2D eigenvalue weighted by Crippen LogP contribution is 2.22. The molecule has 0 saturated carbocycles. The Balaban J connectivity index is 2.54. The molecule has 19 heavy (non-hydrogen) atoms. The number of benzene rings is 1. The molecule has 108 valence electrons. The second-order valence-electron chi connectivity index (χ2n) is 4.72. The lowest BCUT2D eigenvalue weighted by molar-refractivity contribution is 0.270. The number of nitrogens with one attached hydrogen (secondary N) is 1. The monoisotopic (exact) mass is 284 g/mol. The molecule has 1 aromatic carbocycles. The van der Waals surface area contributed by atoms with E-state index in [0.717, 1.165) is 42.5 Å². The van der Waals surface area contributed by atoms with Crippen LogP contribution in [0.25, 0.3) is 0 Å². The Morgan fingerprint density at radius 2 is 2.00 bits per heavy atom. The van der Waals surface area contributed by atoms with E-state index >= 15 is 0 Å². The normalized spacial score (nSPS) is 12.7. The van der Waals surface area contributed by atoms with Crippen molar-refractivity contribution in [3.05, 3.63) is 28.8 Å². The number of ether oxygens (including phenoxy) is 1. The van der Waals surface area contributed by atoms with E-state index < -0.39 is 0 Å². The summed E-state index contributed by atoms with van der Waals surface area (Å²) in [7, 11) is 1.69. The number of hydrogen-bond acceptors (Lipinski definition) is 3. The molecule has 0 aliphatic heterocycles. The van der Waals surface area contributed by atoms with Gasteiger partial charge in [-0.3, -0.25) is 0 Å². The van der Waals surface area contributed by atoms with Crippen molar-refractivity contribution < 1.29 is 4.74 Å². The molecule has 0 aliphatic rings. The highest BCUT2D eigenvalue weighted by Gasteiger charge is 2.09. The maximum absolute atomic E-state index is 6.03. The Morgan fingerprint density at radius 1 is 1.32 bits per heavy atom. The summed E-state index contributed by atoms with van der Waals surface area (Å²) in [5.74, 6) is 0.881. The van der Waals surface area contributed by atoms with Gasteiger partial charge in [0.15, 0.2) is 0 Å². The molecule has 1 unspecified atom stereocenters. The van der Waals surface area contributed by atoms with Crippen LogP contribution in [0.3, 0.4) is 0 Å². The van der Waals surface area contributed by atoms with Crippen LogP contribution in [0, 0.1) is 0 Å². The lowest BCUT2D eigenvalue weighted by Gasteiger charge is -2.23. The van der Waals surface area contributed by atoms with E-state index in [1.165, 1.54) is 0 Å².